The van der Waals surface area contributed by atoms with E-state index < -0.39 is 5.97 Å². The molecule has 2 rings (SSSR count). The first-order valence-corrected chi connectivity index (χ1v) is 8.90. The molecule has 1 amide bonds. The minimum Gasteiger partial charge on any atom is -0.452 e. The van der Waals surface area contributed by atoms with Crippen LogP contribution in [0, 0.1) is 11.3 Å². The molecule has 0 saturated heterocycles. The van der Waals surface area contributed by atoms with E-state index in [0.717, 1.165) is 11.5 Å². The van der Waals surface area contributed by atoms with Crippen molar-refractivity contribution in [3.63, 3.8) is 0 Å². The first kappa shape index (κ1) is 18.6. The SMILES string of the molecule is N#Cc1ccc(C(=O)OCC(=O)NCCSCc2ccccc2)cc1. The molecule has 0 radical (unpaired) electrons. The van der Waals surface area contributed by atoms with Crippen LogP contribution in [0.15, 0.2) is 54.6 Å². The van der Waals surface area contributed by atoms with E-state index in [4.69, 9.17) is 10.00 Å². The normalized spacial score (nSPS) is 9.88. The number of esters is 1. The van der Waals surface area contributed by atoms with Crippen LogP contribution >= 0.6 is 11.8 Å². The number of carbonyl (C=O) groups is 2. The highest BCUT2D eigenvalue weighted by molar-refractivity contribution is 7.98. The highest BCUT2D eigenvalue weighted by Gasteiger charge is 2.09. The van der Waals surface area contributed by atoms with Gasteiger partial charge in [-0.1, -0.05) is 30.3 Å². The Morgan fingerprint density at radius 3 is 2.48 bits per heavy atom. The van der Waals surface area contributed by atoms with E-state index in [1.807, 2.05) is 24.3 Å². The molecular weight excluding hydrogens is 336 g/mol. The summed E-state index contributed by atoms with van der Waals surface area (Å²) in [5, 5.41) is 11.4. The molecule has 0 fully saturated rings. The molecule has 128 valence electrons. The zero-order valence-electron chi connectivity index (χ0n) is 13.6. The van der Waals surface area contributed by atoms with Crippen molar-refractivity contribution in [2.45, 2.75) is 5.75 Å². The van der Waals surface area contributed by atoms with E-state index in [-0.39, 0.29) is 12.5 Å². The third-order valence-corrected chi connectivity index (χ3v) is 4.29. The van der Waals surface area contributed by atoms with Crippen LogP contribution in [0.1, 0.15) is 21.5 Å². The van der Waals surface area contributed by atoms with Gasteiger partial charge in [0.1, 0.15) is 0 Å². The number of nitrogens with zero attached hydrogens (tertiary/aromatic N) is 1. The Hall–Kier alpha value is -2.78. The first-order valence-electron chi connectivity index (χ1n) is 7.74. The number of hydrogen-bond acceptors (Lipinski definition) is 5. The second-order valence-electron chi connectivity index (χ2n) is 5.15. The molecule has 0 bridgehead atoms. The molecule has 0 aromatic heterocycles. The van der Waals surface area contributed by atoms with Gasteiger partial charge in [-0.25, -0.2) is 4.79 Å². The monoisotopic (exact) mass is 354 g/mol. The molecule has 0 aliphatic carbocycles. The second kappa shape index (κ2) is 10.2. The van der Waals surface area contributed by atoms with E-state index in [9.17, 15) is 9.59 Å². The number of ether oxygens (including phenoxy) is 1. The summed E-state index contributed by atoms with van der Waals surface area (Å²) in [6.07, 6.45) is 0. The summed E-state index contributed by atoms with van der Waals surface area (Å²) in [5.41, 5.74) is 2.02. The van der Waals surface area contributed by atoms with Gasteiger partial charge in [0.05, 0.1) is 17.2 Å². The third kappa shape index (κ3) is 6.69. The smallest absolute Gasteiger partial charge is 0.338 e. The lowest BCUT2D eigenvalue weighted by Gasteiger charge is -2.07. The van der Waals surface area contributed by atoms with Crippen LogP contribution in [0.2, 0.25) is 0 Å². The van der Waals surface area contributed by atoms with Crippen molar-refractivity contribution < 1.29 is 14.3 Å². The molecule has 1 N–H and O–H groups in total. The number of hydrogen-bond donors (Lipinski definition) is 1. The quantitative estimate of drug-likeness (QED) is 0.582. The van der Waals surface area contributed by atoms with Crippen molar-refractivity contribution in [1.29, 1.82) is 5.26 Å². The average Bonchev–Trinajstić information content (AvgIpc) is 2.66. The number of rotatable bonds is 8. The van der Waals surface area contributed by atoms with Gasteiger partial charge in [-0.3, -0.25) is 4.79 Å². The minimum absolute atomic E-state index is 0.310. The maximum absolute atomic E-state index is 11.8. The third-order valence-electron chi connectivity index (χ3n) is 3.26. The number of thioether (sulfide) groups is 1. The van der Waals surface area contributed by atoms with E-state index in [0.29, 0.717) is 17.7 Å². The van der Waals surface area contributed by atoms with Gasteiger partial charge in [0.15, 0.2) is 6.61 Å². The standard InChI is InChI=1S/C19H18N2O3S/c20-12-15-6-8-17(9-7-15)19(23)24-13-18(22)21-10-11-25-14-16-4-2-1-3-5-16/h1-9H,10-11,13-14H2,(H,21,22). The zero-order valence-corrected chi connectivity index (χ0v) is 14.4. The molecule has 25 heavy (non-hydrogen) atoms. The van der Waals surface area contributed by atoms with Gasteiger partial charge in [-0.2, -0.15) is 17.0 Å². The van der Waals surface area contributed by atoms with Crippen LogP contribution in [0.25, 0.3) is 0 Å². The van der Waals surface area contributed by atoms with Gasteiger partial charge in [0.25, 0.3) is 5.91 Å². The molecule has 0 unspecified atom stereocenters. The molecule has 0 atom stereocenters. The lowest BCUT2D eigenvalue weighted by Crippen LogP contribution is -2.30. The molecule has 0 heterocycles. The molecule has 6 heteroatoms. The Morgan fingerprint density at radius 2 is 1.80 bits per heavy atom. The number of amides is 1. The van der Waals surface area contributed by atoms with Crippen LogP contribution in [-0.4, -0.2) is 30.8 Å². The second-order valence-corrected chi connectivity index (χ2v) is 6.26. The van der Waals surface area contributed by atoms with Crippen LogP contribution in [0.5, 0.6) is 0 Å². The molecule has 0 spiro atoms. The summed E-state index contributed by atoms with van der Waals surface area (Å²) < 4.78 is 4.95. The lowest BCUT2D eigenvalue weighted by atomic mass is 10.1. The summed E-state index contributed by atoms with van der Waals surface area (Å²) in [7, 11) is 0. The number of carbonyl (C=O) groups excluding carboxylic acids is 2. The van der Waals surface area contributed by atoms with E-state index in [2.05, 4.69) is 17.4 Å². The number of nitriles is 1. The summed E-state index contributed by atoms with van der Waals surface area (Å²) in [5.74, 6) is 0.759. The van der Waals surface area contributed by atoms with Gasteiger partial charge >= 0.3 is 5.97 Å². The maximum atomic E-state index is 11.8. The van der Waals surface area contributed by atoms with E-state index >= 15 is 0 Å². The largest absolute Gasteiger partial charge is 0.452 e. The molecule has 2 aromatic rings. The number of benzene rings is 2. The van der Waals surface area contributed by atoms with Crippen molar-refractivity contribution in [2.24, 2.45) is 0 Å². The van der Waals surface area contributed by atoms with Crippen LogP contribution in [-0.2, 0) is 15.3 Å². The highest BCUT2D eigenvalue weighted by atomic mass is 32.2. The molecule has 0 aliphatic rings. The average molecular weight is 354 g/mol. The topological polar surface area (TPSA) is 79.2 Å². The Morgan fingerprint density at radius 1 is 1.08 bits per heavy atom. The van der Waals surface area contributed by atoms with Crippen molar-refractivity contribution in [3.8, 4) is 6.07 Å². The Kier molecular flexibility index (Phi) is 7.54. The first-order chi connectivity index (χ1) is 12.2. The maximum Gasteiger partial charge on any atom is 0.338 e. The predicted octanol–water partition coefficient (Wildman–Crippen LogP) is 2.76. The summed E-state index contributed by atoms with van der Waals surface area (Å²) in [6, 6.07) is 18.1. The van der Waals surface area contributed by atoms with Gasteiger partial charge in [0, 0.05) is 18.1 Å². The predicted molar refractivity (Wildman–Crippen MR) is 97.1 cm³/mol. The Labute approximate surface area is 151 Å². The summed E-state index contributed by atoms with van der Waals surface area (Å²) in [4.78, 5) is 23.5. The fourth-order valence-electron chi connectivity index (χ4n) is 1.97. The number of nitrogens with one attached hydrogen (secondary N) is 1. The van der Waals surface area contributed by atoms with Crippen LogP contribution in [0.3, 0.4) is 0 Å². The highest BCUT2D eigenvalue weighted by Crippen LogP contribution is 2.10. The molecule has 0 aliphatic heterocycles. The van der Waals surface area contributed by atoms with Crippen LogP contribution in [0.4, 0.5) is 0 Å². The van der Waals surface area contributed by atoms with Crippen molar-refractivity contribution in [3.05, 3.63) is 71.3 Å². The van der Waals surface area contributed by atoms with Gasteiger partial charge in [-0.05, 0) is 29.8 Å². The fourth-order valence-corrected chi connectivity index (χ4v) is 2.79. The minimum atomic E-state index is -0.585. The molecule has 2 aromatic carbocycles. The summed E-state index contributed by atoms with van der Waals surface area (Å²) in [6.45, 7) is 0.201. The van der Waals surface area contributed by atoms with Crippen LogP contribution < -0.4 is 5.32 Å². The van der Waals surface area contributed by atoms with Gasteiger partial charge in [-0.15, -0.1) is 0 Å². The Balaban J connectivity index is 1.60. The lowest BCUT2D eigenvalue weighted by molar-refractivity contribution is -0.124. The molecular formula is C19H18N2O3S. The van der Waals surface area contributed by atoms with Crippen molar-refractivity contribution >= 4 is 23.6 Å². The van der Waals surface area contributed by atoms with Crippen molar-refractivity contribution in [1.82, 2.24) is 5.32 Å². The fraction of sp³-hybridized carbons (Fsp3) is 0.211. The zero-order chi connectivity index (χ0) is 17.9. The van der Waals surface area contributed by atoms with Crippen molar-refractivity contribution in [2.75, 3.05) is 18.9 Å². The Bertz CT molecular complexity index is 740. The summed E-state index contributed by atoms with van der Waals surface area (Å²) >= 11 is 1.72. The van der Waals surface area contributed by atoms with Gasteiger partial charge in [0.2, 0.25) is 0 Å². The molecule has 0 saturated carbocycles. The van der Waals surface area contributed by atoms with Gasteiger partial charge < -0.3 is 10.1 Å². The van der Waals surface area contributed by atoms with E-state index in [1.54, 1.807) is 11.8 Å². The van der Waals surface area contributed by atoms with E-state index in [1.165, 1.54) is 29.8 Å². The molecule has 5 nitrogen and oxygen atoms in total.